The number of nitrogens with one attached hydrogen (secondary N) is 1. The van der Waals surface area contributed by atoms with Crippen molar-refractivity contribution in [2.45, 2.75) is 6.54 Å². The zero-order valence-electron chi connectivity index (χ0n) is 16.6. The van der Waals surface area contributed by atoms with Gasteiger partial charge in [-0.15, -0.1) is 0 Å². The fourth-order valence-electron chi connectivity index (χ4n) is 3.20. The normalized spacial score (nSPS) is 13.0. The summed E-state index contributed by atoms with van der Waals surface area (Å²) in [7, 11) is 0. The quantitative estimate of drug-likeness (QED) is 0.492. The first-order valence-corrected chi connectivity index (χ1v) is 9.69. The SMILES string of the molecule is O=C1CN(C(=O)COC(=O)/C=C/c2cnn(Cc3ccccc3)c2)c2ccccc2N1. The number of hydrogen-bond donors (Lipinski definition) is 1. The Morgan fingerprint density at radius 3 is 2.71 bits per heavy atom. The zero-order chi connectivity index (χ0) is 21.6. The number of aromatic nitrogens is 2. The number of amides is 2. The molecule has 1 N–H and O–H groups in total. The smallest absolute Gasteiger partial charge is 0.331 e. The van der Waals surface area contributed by atoms with Crippen molar-refractivity contribution in [3.05, 3.63) is 84.2 Å². The highest BCUT2D eigenvalue weighted by Gasteiger charge is 2.26. The molecule has 1 aromatic heterocycles. The van der Waals surface area contributed by atoms with Crippen LogP contribution in [0.15, 0.2) is 73.1 Å². The Morgan fingerprint density at radius 1 is 1.10 bits per heavy atom. The number of carbonyl (C=O) groups excluding carboxylic acids is 3. The fraction of sp³-hybridized carbons (Fsp3) is 0.130. The van der Waals surface area contributed by atoms with Crippen LogP contribution in [0.2, 0.25) is 0 Å². The minimum atomic E-state index is -0.654. The second-order valence-electron chi connectivity index (χ2n) is 6.94. The molecule has 0 fully saturated rings. The molecule has 0 atom stereocenters. The van der Waals surface area contributed by atoms with Gasteiger partial charge in [-0.2, -0.15) is 5.10 Å². The highest BCUT2D eigenvalue weighted by molar-refractivity contribution is 6.10. The molecule has 0 radical (unpaired) electrons. The summed E-state index contributed by atoms with van der Waals surface area (Å²) in [6.07, 6.45) is 6.27. The molecule has 0 spiro atoms. The van der Waals surface area contributed by atoms with Gasteiger partial charge in [-0.25, -0.2) is 4.79 Å². The van der Waals surface area contributed by atoms with Crippen molar-refractivity contribution in [3.63, 3.8) is 0 Å². The number of rotatable bonds is 6. The summed E-state index contributed by atoms with van der Waals surface area (Å²) < 4.78 is 6.82. The van der Waals surface area contributed by atoms with Gasteiger partial charge in [-0.1, -0.05) is 42.5 Å². The third-order valence-electron chi connectivity index (χ3n) is 4.66. The van der Waals surface area contributed by atoms with Crippen LogP contribution in [-0.2, 0) is 25.7 Å². The molecule has 1 aliphatic heterocycles. The number of esters is 1. The van der Waals surface area contributed by atoms with Gasteiger partial charge in [0, 0.05) is 17.8 Å². The van der Waals surface area contributed by atoms with Gasteiger partial charge in [0.1, 0.15) is 6.54 Å². The van der Waals surface area contributed by atoms with Gasteiger partial charge in [0.15, 0.2) is 6.61 Å². The molecule has 31 heavy (non-hydrogen) atoms. The van der Waals surface area contributed by atoms with E-state index in [1.54, 1.807) is 41.2 Å². The Labute approximate surface area is 178 Å². The molecule has 0 saturated heterocycles. The molecule has 4 rings (SSSR count). The van der Waals surface area contributed by atoms with Crippen LogP contribution in [0.1, 0.15) is 11.1 Å². The van der Waals surface area contributed by atoms with Gasteiger partial charge in [-0.3, -0.25) is 19.2 Å². The predicted octanol–water partition coefficient (Wildman–Crippen LogP) is 2.47. The number of para-hydroxylation sites is 2. The molecule has 1 aliphatic rings. The summed E-state index contributed by atoms with van der Waals surface area (Å²) in [6.45, 7) is 0.0421. The van der Waals surface area contributed by atoms with Gasteiger partial charge >= 0.3 is 5.97 Å². The molecule has 2 amide bonds. The number of fused-ring (bicyclic) bond motifs is 1. The van der Waals surface area contributed by atoms with Crippen LogP contribution in [0.3, 0.4) is 0 Å². The third kappa shape index (κ3) is 5.05. The summed E-state index contributed by atoms with van der Waals surface area (Å²) in [5, 5.41) is 6.97. The van der Waals surface area contributed by atoms with Crippen LogP contribution < -0.4 is 10.2 Å². The van der Waals surface area contributed by atoms with E-state index in [0.29, 0.717) is 17.9 Å². The molecule has 8 nitrogen and oxygen atoms in total. The number of anilines is 2. The molecule has 0 unspecified atom stereocenters. The Hall–Kier alpha value is -4.20. The van der Waals surface area contributed by atoms with E-state index in [0.717, 1.165) is 11.1 Å². The first-order chi connectivity index (χ1) is 15.1. The van der Waals surface area contributed by atoms with Crippen LogP contribution in [0.25, 0.3) is 6.08 Å². The molecular formula is C23H20N4O4. The Morgan fingerprint density at radius 2 is 1.87 bits per heavy atom. The molecule has 8 heteroatoms. The van der Waals surface area contributed by atoms with Gasteiger partial charge in [0.25, 0.3) is 5.91 Å². The number of benzene rings is 2. The second-order valence-corrected chi connectivity index (χ2v) is 6.94. The van der Waals surface area contributed by atoms with E-state index in [2.05, 4.69) is 10.4 Å². The Bertz CT molecular complexity index is 1140. The summed E-state index contributed by atoms with van der Waals surface area (Å²) in [4.78, 5) is 37.6. The molecule has 2 aromatic carbocycles. The topological polar surface area (TPSA) is 93.5 Å². The Balaban J connectivity index is 1.31. The van der Waals surface area contributed by atoms with E-state index in [1.165, 1.54) is 11.0 Å². The maximum absolute atomic E-state index is 12.5. The average Bonchev–Trinajstić information content (AvgIpc) is 3.23. The van der Waals surface area contributed by atoms with E-state index in [-0.39, 0.29) is 12.5 Å². The van der Waals surface area contributed by atoms with Gasteiger partial charge in [0.05, 0.1) is 24.1 Å². The van der Waals surface area contributed by atoms with E-state index < -0.39 is 18.5 Å². The van der Waals surface area contributed by atoms with Crippen molar-refractivity contribution < 1.29 is 19.1 Å². The monoisotopic (exact) mass is 416 g/mol. The number of hydrogen-bond acceptors (Lipinski definition) is 5. The number of carbonyl (C=O) groups is 3. The Kier molecular flexibility index (Phi) is 5.89. The van der Waals surface area contributed by atoms with Gasteiger partial charge in [-0.05, 0) is 23.8 Å². The second kappa shape index (κ2) is 9.08. The molecule has 0 saturated carbocycles. The maximum atomic E-state index is 12.5. The maximum Gasteiger partial charge on any atom is 0.331 e. The van der Waals surface area contributed by atoms with Crippen molar-refractivity contribution in [1.82, 2.24) is 9.78 Å². The minimum Gasteiger partial charge on any atom is -0.452 e. The minimum absolute atomic E-state index is 0.121. The van der Waals surface area contributed by atoms with Crippen molar-refractivity contribution in [2.75, 3.05) is 23.4 Å². The van der Waals surface area contributed by atoms with Crippen LogP contribution in [0, 0.1) is 0 Å². The molecule has 2 heterocycles. The zero-order valence-corrected chi connectivity index (χ0v) is 16.6. The van der Waals surface area contributed by atoms with Crippen LogP contribution in [0.5, 0.6) is 0 Å². The van der Waals surface area contributed by atoms with Crippen LogP contribution in [-0.4, -0.2) is 40.7 Å². The molecule has 3 aromatic rings. The largest absolute Gasteiger partial charge is 0.452 e. The first kappa shape index (κ1) is 20.1. The van der Waals surface area contributed by atoms with Crippen molar-refractivity contribution in [3.8, 4) is 0 Å². The highest BCUT2D eigenvalue weighted by Crippen LogP contribution is 2.28. The fourth-order valence-corrected chi connectivity index (χ4v) is 3.20. The van der Waals surface area contributed by atoms with Crippen LogP contribution >= 0.6 is 0 Å². The predicted molar refractivity (Wildman–Crippen MR) is 115 cm³/mol. The van der Waals surface area contributed by atoms with E-state index >= 15 is 0 Å². The van der Waals surface area contributed by atoms with E-state index in [1.807, 2.05) is 36.5 Å². The van der Waals surface area contributed by atoms with Crippen molar-refractivity contribution >= 4 is 35.2 Å². The lowest BCUT2D eigenvalue weighted by atomic mass is 10.2. The van der Waals surface area contributed by atoms with Gasteiger partial charge < -0.3 is 10.1 Å². The molecule has 0 bridgehead atoms. The van der Waals surface area contributed by atoms with Crippen LogP contribution in [0.4, 0.5) is 11.4 Å². The van der Waals surface area contributed by atoms with E-state index in [9.17, 15) is 14.4 Å². The van der Waals surface area contributed by atoms with Crippen molar-refractivity contribution in [1.29, 1.82) is 0 Å². The molecule has 156 valence electrons. The van der Waals surface area contributed by atoms with Gasteiger partial charge in [0.2, 0.25) is 5.91 Å². The summed E-state index contributed by atoms with van der Waals surface area (Å²) in [5.41, 5.74) is 2.98. The lowest BCUT2D eigenvalue weighted by molar-refractivity contribution is -0.143. The molecular weight excluding hydrogens is 396 g/mol. The summed E-state index contributed by atoms with van der Waals surface area (Å²) in [6, 6.07) is 16.9. The lowest BCUT2D eigenvalue weighted by Gasteiger charge is -2.28. The summed E-state index contributed by atoms with van der Waals surface area (Å²) >= 11 is 0. The number of ether oxygens (including phenoxy) is 1. The average molecular weight is 416 g/mol. The first-order valence-electron chi connectivity index (χ1n) is 9.69. The molecule has 0 aliphatic carbocycles. The standard InChI is InChI=1S/C23H20N4O4/c28-21-15-27(20-9-5-4-8-19(20)25-21)22(29)16-31-23(30)11-10-18-12-24-26(14-18)13-17-6-2-1-3-7-17/h1-12,14H,13,15-16H2,(H,25,28)/b11-10+. The van der Waals surface area contributed by atoms with Crippen molar-refractivity contribution in [2.24, 2.45) is 0 Å². The highest BCUT2D eigenvalue weighted by atomic mass is 16.5. The lowest BCUT2D eigenvalue weighted by Crippen LogP contribution is -2.43. The summed E-state index contributed by atoms with van der Waals surface area (Å²) in [5.74, 6) is -1.43. The van der Waals surface area contributed by atoms with E-state index in [4.69, 9.17) is 4.74 Å². The third-order valence-corrected chi connectivity index (χ3v) is 4.66. The number of nitrogens with zero attached hydrogens (tertiary/aromatic N) is 3.